The van der Waals surface area contributed by atoms with Crippen LogP contribution in [0.3, 0.4) is 0 Å². The van der Waals surface area contributed by atoms with Crippen molar-refractivity contribution in [3.63, 3.8) is 0 Å². The van der Waals surface area contributed by atoms with Crippen molar-refractivity contribution in [3.05, 3.63) is 28.0 Å². The fraction of sp³-hybridized carbons (Fsp3) is 0.462. The molecule has 1 atom stereocenters. The van der Waals surface area contributed by atoms with Crippen molar-refractivity contribution in [2.75, 3.05) is 13.2 Å². The lowest BCUT2D eigenvalue weighted by atomic mass is 10.2. The Morgan fingerprint density at radius 2 is 2.53 bits per heavy atom. The third kappa shape index (κ3) is 3.98. The van der Waals surface area contributed by atoms with Gasteiger partial charge in [-0.05, 0) is 38.0 Å². The Bertz CT molecular complexity index is 405. The molecule has 1 aliphatic rings. The number of amides is 1. The number of ether oxygens (including phenoxy) is 1. The highest BCUT2D eigenvalue weighted by atomic mass is 32.1. The lowest BCUT2D eigenvalue weighted by Gasteiger charge is -2.08. The van der Waals surface area contributed by atoms with Gasteiger partial charge in [0.2, 0.25) is 5.91 Å². The van der Waals surface area contributed by atoms with Gasteiger partial charge < -0.3 is 10.1 Å². The van der Waals surface area contributed by atoms with E-state index in [1.165, 1.54) is 4.88 Å². The Morgan fingerprint density at radius 1 is 1.65 bits per heavy atom. The van der Waals surface area contributed by atoms with Crippen LogP contribution >= 0.6 is 11.3 Å². The van der Waals surface area contributed by atoms with E-state index in [1.54, 1.807) is 17.4 Å². The molecule has 1 fully saturated rings. The minimum atomic E-state index is -0.0495. The first-order valence-electron chi connectivity index (χ1n) is 5.88. The van der Waals surface area contributed by atoms with Gasteiger partial charge in [-0.3, -0.25) is 4.79 Å². The molecule has 3 nitrogen and oxygen atoms in total. The van der Waals surface area contributed by atoms with E-state index >= 15 is 0 Å². The van der Waals surface area contributed by atoms with Crippen LogP contribution in [0.4, 0.5) is 0 Å². The van der Waals surface area contributed by atoms with Crippen molar-refractivity contribution in [1.82, 2.24) is 5.32 Å². The number of nitrogens with one attached hydrogen (secondary N) is 1. The van der Waals surface area contributed by atoms with Gasteiger partial charge in [-0.25, -0.2) is 0 Å². The molecule has 0 unspecified atom stereocenters. The second kappa shape index (κ2) is 5.98. The highest BCUT2D eigenvalue weighted by Gasteiger charge is 2.15. The maximum absolute atomic E-state index is 11.5. The summed E-state index contributed by atoms with van der Waals surface area (Å²) in [6.07, 6.45) is 5.79. The predicted octanol–water partition coefficient (Wildman–Crippen LogP) is 2.36. The number of carbonyl (C=O) groups excluding carboxylic acids is 1. The fourth-order valence-corrected chi connectivity index (χ4v) is 2.56. The normalized spacial score (nSPS) is 19.9. The predicted molar refractivity (Wildman–Crippen MR) is 70.1 cm³/mol. The molecule has 0 aromatic carbocycles. The third-order valence-electron chi connectivity index (χ3n) is 2.69. The van der Waals surface area contributed by atoms with Gasteiger partial charge in [0, 0.05) is 29.0 Å². The fourth-order valence-electron chi connectivity index (χ4n) is 1.78. The zero-order valence-electron chi connectivity index (χ0n) is 9.94. The van der Waals surface area contributed by atoms with Gasteiger partial charge in [-0.1, -0.05) is 0 Å². The quantitative estimate of drug-likeness (QED) is 0.834. The van der Waals surface area contributed by atoms with Crippen LogP contribution in [0.1, 0.15) is 22.6 Å². The average Bonchev–Trinajstić information content (AvgIpc) is 2.95. The molecule has 1 N–H and O–H groups in total. The zero-order chi connectivity index (χ0) is 12.1. The molecule has 2 heterocycles. The molecule has 1 aliphatic heterocycles. The van der Waals surface area contributed by atoms with Crippen molar-refractivity contribution in [2.45, 2.75) is 25.9 Å². The lowest BCUT2D eigenvalue weighted by molar-refractivity contribution is -0.116. The van der Waals surface area contributed by atoms with Crippen molar-refractivity contribution in [1.29, 1.82) is 0 Å². The van der Waals surface area contributed by atoms with E-state index in [0.29, 0.717) is 6.54 Å². The lowest BCUT2D eigenvalue weighted by Crippen LogP contribution is -2.30. The van der Waals surface area contributed by atoms with Gasteiger partial charge in [0.05, 0.1) is 6.10 Å². The van der Waals surface area contributed by atoms with Gasteiger partial charge in [-0.15, -0.1) is 11.3 Å². The van der Waals surface area contributed by atoms with Crippen LogP contribution in [0.5, 0.6) is 0 Å². The molecule has 1 amide bonds. The van der Waals surface area contributed by atoms with E-state index < -0.39 is 0 Å². The molecule has 17 heavy (non-hydrogen) atoms. The largest absolute Gasteiger partial charge is 0.376 e. The molecule has 0 radical (unpaired) electrons. The first kappa shape index (κ1) is 12.3. The Kier molecular flexibility index (Phi) is 4.34. The van der Waals surface area contributed by atoms with E-state index in [0.717, 1.165) is 24.3 Å². The monoisotopic (exact) mass is 251 g/mol. The van der Waals surface area contributed by atoms with Crippen molar-refractivity contribution >= 4 is 23.3 Å². The molecule has 0 spiro atoms. The summed E-state index contributed by atoms with van der Waals surface area (Å²) in [7, 11) is 0. The topological polar surface area (TPSA) is 38.3 Å². The van der Waals surface area contributed by atoms with E-state index in [2.05, 4.69) is 18.3 Å². The van der Waals surface area contributed by atoms with Crippen LogP contribution < -0.4 is 5.32 Å². The standard InChI is InChI=1S/C13H17NO2S/c1-10-4-5-12(17-10)6-7-13(15)14-9-11-3-2-8-16-11/h4-7,11H,2-3,8-9H2,1H3,(H,14,15)/b7-6+/t11-/m0/s1. The van der Waals surface area contributed by atoms with Gasteiger partial charge in [0.1, 0.15) is 0 Å². The summed E-state index contributed by atoms with van der Waals surface area (Å²) in [5, 5.41) is 2.86. The number of aryl methyl sites for hydroxylation is 1. The number of hydrogen-bond acceptors (Lipinski definition) is 3. The van der Waals surface area contributed by atoms with Gasteiger partial charge >= 0.3 is 0 Å². The molecule has 0 bridgehead atoms. The van der Waals surface area contributed by atoms with Crippen LogP contribution in [0.2, 0.25) is 0 Å². The van der Waals surface area contributed by atoms with Crippen LogP contribution in [0.15, 0.2) is 18.2 Å². The number of thiophene rings is 1. The van der Waals surface area contributed by atoms with E-state index in [4.69, 9.17) is 4.74 Å². The van der Waals surface area contributed by atoms with Crippen LogP contribution in [-0.4, -0.2) is 25.2 Å². The summed E-state index contributed by atoms with van der Waals surface area (Å²) in [4.78, 5) is 13.9. The Balaban J connectivity index is 1.74. The smallest absolute Gasteiger partial charge is 0.244 e. The van der Waals surface area contributed by atoms with Crippen LogP contribution in [-0.2, 0) is 9.53 Å². The van der Waals surface area contributed by atoms with E-state index in [-0.39, 0.29) is 12.0 Å². The Morgan fingerprint density at radius 3 is 3.18 bits per heavy atom. The number of rotatable bonds is 4. The van der Waals surface area contributed by atoms with Crippen molar-refractivity contribution in [2.24, 2.45) is 0 Å². The molecule has 0 saturated carbocycles. The molecule has 0 aliphatic carbocycles. The first-order valence-corrected chi connectivity index (χ1v) is 6.69. The number of hydrogen-bond donors (Lipinski definition) is 1. The maximum atomic E-state index is 11.5. The van der Waals surface area contributed by atoms with Gasteiger partial charge in [0.25, 0.3) is 0 Å². The summed E-state index contributed by atoms with van der Waals surface area (Å²) >= 11 is 1.68. The highest BCUT2D eigenvalue weighted by molar-refractivity contribution is 7.12. The SMILES string of the molecule is Cc1ccc(/C=C/C(=O)NC[C@@H]2CCCO2)s1. The zero-order valence-corrected chi connectivity index (χ0v) is 10.8. The van der Waals surface area contributed by atoms with Crippen LogP contribution in [0, 0.1) is 6.92 Å². The summed E-state index contributed by atoms with van der Waals surface area (Å²) in [5.74, 6) is -0.0495. The summed E-state index contributed by atoms with van der Waals surface area (Å²) in [6, 6.07) is 4.07. The summed E-state index contributed by atoms with van der Waals surface area (Å²) < 4.78 is 5.43. The van der Waals surface area contributed by atoms with E-state index in [9.17, 15) is 4.79 Å². The first-order chi connectivity index (χ1) is 8.24. The molecular weight excluding hydrogens is 234 g/mol. The third-order valence-corrected chi connectivity index (χ3v) is 3.65. The minimum Gasteiger partial charge on any atom is -0.376 e. The van der Waals surface area contributed by atoms with Crippen molar-refractivity contribution < 1.29 is 9.53 Å². The summed E-state index contributed by atoms with van der Waals surface area (Å²) in [6.45, 7) is 3.50. The molecular formula is C13H17NO2S. The van der Waals surface area contributed by atoms with Crippen molar-refractivity contribution in [3.8, 4) is 0 Å². The number of carbonyl (C=O) groups is 1. The molecule has 1 aromatic rings. The van der Waals surface area contributed by atoms with Crippen LogP contribution in [0.25, 0.3) is 6.08 Å². The second-order valence-electron chi connectivity index (χ2n) is 4.16. The summed E-state index contributed by atoms with van der Waals surface area (Å²) in [5.41, 5.74) is 0. The Hall–Kier alpha value is -1.13. The van der Waals surface area contributed by atoms with Gasteiger partial charge in [0.15, 0.2) is 0 Å². The molecule has 1 aromatic heterocycles. The molecule has 1 saturated heterocycles. The average molecular weight is 251 g/mol. The van der Waals surface area contributed by atoms with Gasteiger partial charge in [-0.2, -0.15) is 0 Å². The minimum absolute atomic E-state index is 0.0495. The highest BCUT2D eigenvalue weighted by Crippen LogP contribution is 2.16. The molecule has 4 heteroatoms. The molecule has 92 valence electrons. The Labute approximate surface area is 105 Å². The van der Waals surface area contributed by atoms with E-state index in [1.807, 2.05) is 12.1 Å². The maximum Gasteiger partial charge on any atom is 0.244 e. The second-order valence-corrected chi connectivity index (χ2v) is 5.48. The molecule has 2 rings (SSSR count).